The Hall–Kier alpha value is -1.84. The van der Waals surface area contributed by atoms with Crippen LogP contribution in [0.2, 0.25) is 0 Å². The highest BCUT2D eigenvalue weighted by Crippen LogP contribution is 2.05. The van der Waals surface area contributed by atoms with Gasteiger partial charge in [-0.25, -0.2) is 0 Å². The maximum absolute atomic E-state index is 11.8. The molecule has 0 saturated carbocycles. The first-order valence-corrected chi connectivity index (χ1v) is 6.63. The van der Waals surface area contributed by atoms with E-state index in [0.29, 0.717) is 32.7 Å². The minimum atomic E-state index is -0.0504. The van der Waals surface area contributed by atoms with Crippen molar-refractivity contribution in [2.45, 2.75) is 19.4 Å². The van der Waals surface area contributed by atoms with E-state index < -0.39 is 0 Å². The molecule has 1 N–H and O–H groups in total. The van der Waals surface area contributed by atoms with Gasteiger partial charge in [0.1, 0.15) is 5.76 Å². The van der Waals surface area contributed by atoms with Crippen molar-refractivity contribution in [2.24, 2.45) is 0 Å². The Kier molecular flexibility index (Phi) is 8.11. The summed E-state index contributed by atoms with van der Waals surface area (Å²) in [4.78, 5) is 13.7. The van der Waals surface area contributed by atoms with E-state index in [1.807, 2.05) is 17.0 Å². The Morgan fingerprint density at radius 2 is 2.45 bits per heavy atom. The summed E-state index contributed by atoms with van der Waals surface area (Å²) in [5, 5.41) is 11.5. The van der Waals surface area contributed by atoms with Crippen LogP contribution in [0.3, 0.4) is 0 Å². The van der Waals surface area contributed by atoms with E-state index in [1.165, 1.54) is 0 Å². The predicted octanol–water partition coefficient (Wildman–Crippen LogP) is 1.15. The molecule has 0 atom stereocenters. The number of hydrogen-bond acceptors (Lipinski definition) is 5. The third-order valence-corrected chi connectivity index (χ3v) is 2.71. The molecule has 0 aliphatic heterocycles. The van der Waals surface area contributed by atoms with Gasteiger partial charge in [-0.15, -0.1) is 0 Å². The van der Waals surface area contributed by atoms with Crippen molar-refractivity contribution in [3.63, 3.8) is 0 Å². The van der Waals surface area contributed by atoms with Crippen molar-refractivity contribution in [3.05, 3.63) is 24.2 Å². The summed E-state index contributed by atoms with van der Waals surface area (Å²) in [6.45, 7) is 2.56. The van der Waals surface area contributed by atoms with Crippen LogP contribution < -0.4 is 5.32 Å². The maximum atomic E-state index is 11.8. The Labute approximate surface area is 119 Å². The quantitative estimate of drug-likeness (QED) is 0.650. The van der Waals surface area contributed by atoms with E-state index in [4.69, 9.17) is 14.4 Å². The van der Waals surface area contributed by atoms with Gasteiger partial charge >= 0.3 is 0 Å². The summed E-state index contributed by atoms with van der Waals surface area (Å²) in [5.41, 5.74) is 0. The Balaban J connectivity index is 2.35. The third-order valence-electron chi connectivity index (χ3n) is 2.71. The number of hydrogen-bond donors (Lipinski definition) is 1. The molecule has 0 unspecified atom stereocenters. The molecule has 1 aromatic rings. The second-order valence-electron chi connectivity index (χ2n) is 4.39. The molecular formula is C14H21N3O3. The second kappa shape index (κ2) is 10.0. The van der Waals surface area contributed by atoms with Crippen LogP contribution in [-0.2, 0) is 16.1 Å². The SMILES string of the molecule is COCCCNC(=O)CN(CCC#N)Cc1ccco1. The molecule has 110 valence electrons. The fourth-order valence-corrected chi connectivity index (χ4v) is 1.75. The van der Waals surface area contributed by atoms with Gasteiger partial charge in [-0.3, -0.25) is 9.69 Å². The average molecular weight is 279 g/mol. The number of amides is 1. The van der Waals surface area contributed by atoms with Crippen LogP contribution >= 0.6 is 0 Å². The van der Waals surface area contributed by atoms with Gasteiger partial charge in [0.25, 0.3) is 0 Å². The first-order chi connectivity index (χ1) is 9.76. The highest BCUT2D eigenvalue weighted by molar-refractivity contribution is 5.77. The van der Waals surface area contributed by atoms with E-state index >= 15 is 0 Å². The van der Waals surface area contributed by atoms with Crippen LogP contribution in [0.15, 0.2) is 22.8 Å². The van der Waals surface area contributed by atoms with Gasteiger partial charge < -0.3 is 14.5 Å². The lowest BCUT2D eigenvalue weighted by Crippen LogP contribution is -2.37. The van der Waals surface area contributed by atoms with Crippen molar-refractivity contribution in [2.75, 3.05) is 33.4 Å². The zero-order chi connectivity index (χ0) is 14.6. The van der Waals surface area contributed by atoms with E-state index in [2.05, 4.69) is 11.4 Å². The summed E-state index contributed by atoms with van der Waals surface area (Å²) in [5.74, 6) is 0.737. The first kappa shape index (κ1) is 16.2. The predicted molar refractivity (Wildman–Crippen MR) is 73.7 cm³/mol. The Morgan fingerprint density at radius 1 is 1.60 bits per heavy atom. The molecule has 0 fully saturated rings. The van der Waals surface area contributed by atoms with E-state index in [-0.39, 0.29) is 12.5 Å². The van der Waals surface area contributed by atoms with Crippen molar-refractivity contribution in [1.82, 2.24) is 10.2 Å². The van der Waals surface area contributed by atoms with Crippen molar-refractivity contribution >= 4 is 5.91 Å². The molecule has 20 heavy (non-hydrogen) atoms. The lowest BCUT2D eigenvalue weighted by Gasteiger charge is -2.19. The number of carbonyl (C=O) groups excluding carboxylic acids is 1. The van der Waals surface area contributed by atoms with E-state index in [1.54, 1.807) is 13.4 Å². The van der Waals surface area contributed by atoms with Crippen molar-refractivity contribution in [1.29, 1.82) is 5.26 Å². The minimum absolute atomic E-state index is 0.0504. The number of nitrogens with one attached hydrogen (secondary N) is 1. The van der Waals surface area contributed by atoms with Gasteiger partial charge in [-0.1, -0.05) is 0 Å². The van der Waals surface area contributed by atoms with Crippen LogP contribution in [0.5, 0.6) is 0 Å². The first-order valence-electron chi connectivity index (χ1n) is 6.63. The van der Waals surface area contributed by atoms with Gasteiger partial charge in [0.2, 0.25) is 5.91 Å². The molecule has 1 aromatic heterocycles. The fraction of sp³-hybridized carbons (Fsp3) is 0.571. The molecule has 1 rings (SSSR count). The lowest BCUT2D eigenvalue weighted by atomic mass is 10.3. The highest BCUT2D eigenvalue weighted by atomic mass is 16.5. The molecule has 6 nitrogen and oxygen atoms in total. The van der Waals surface area contributed by atoms with Gasteiger partial charge in [0.05, 0.1) is 25.4 Å². The van der Waals surface area contributed by atoms with Gasteiger partial charge in [-0.05, 0) is 18.6 Å². The average Bonchev–Trinajstić information content (AvgIpc) is 2.94. The summed E-state index contributed by atoms with van der Waals surface area (Å²) in [6.07, 6.45) is 2.78. The zero-order valence-electron chi connectivity index (χ0n) is 11.8. The van der Waals surface area contributed by atoms with Gasteiger partial charge in [0.15, 0.2) is 0 Å². The Morgan fingerprint density at radius 3 is 3.10 bits per heavy atom. The van der Waals surface area contributed by atoms with E-state index in [9.17, 15) is 4.79 Å². The van der Waals surface area contributed by atoms with Crippen LogP contribution in [0.25, 0.3) is 0 Å². The zero-order valence-corrected chi connectivity index (χ0v) is 11.8. The molecule has 1 amide bonds. The molecule has 0 radical (unpaired) electrons. The summed E-state index contributed by atoms with van der Waals surface area (Å²) >= 11 is 0. The second-order valence-corrected chi connectivity index (χ2v) is 4.39. The topological polar surface area (TPSA) is 78.5 Å². The molecule has 6 heteroatoms. The normalized spacial score (nSPS) is 10.4. The third kappa shape index (κ3) is 6.92. The summed E-state index contributed by atoms with van der Waals surface area (Å²) in [6, 6.07) is 5.76. The smallest absolute Gasteiger partial charge is 0.234 e. The maximum Gasteiger partial charge on any atom is 0.234 e. The standard InChI is InChI=1S/C14H21N3O3/c1-19-9-4-7-16-14(18)12-17(8-3-6-15)11-13-5-2-10-20-13/h2,5,10H,3-4,7-9,11-12H2,1H3,(H,16,18). The molecule has 0 saturated heterocycles. The monoisotopic (exact) mass is 279 g/mol. The molecule has 0 aliphatic rings. The number of carbonyl (C=O) groups is 1. The number of furan rings is 1. The lowest BCUT2D eigenvalue weighted by molar-refractivity contribution is -0.122. The molecule has 1 heterocycles. The van der Waals surface area contributed by atoms with Crippen LogP contribution in [-0.4, -0.2) is 44.2 Å². The van der Waals surface area contributed by atoms with Crippen molar-refractivity contribution in [3.8, 4) is 6.07 Å². The van der Waals surface area contributed by atoms with E-state index in [0.717, 1.165) is 12.2 Å². The number of nitriles is 1. The van der Waals surface area contributed by atoms with Gasteiger partial charge in [-0.2, -0.15) is 5.26 Å². The largest absolute Gasteiger partial charge is 0.468 e. The minimum Gasteiger partial charge on any atom is -0.468 e. The molecule has 0 aliphatic carbocycles. The Bertz CT molecular complexity index is 412. The molecule has 0 spiro atoms. The van der Waals surface area contributed by atoms with Crippen LogP contribution in [0, 0.1) is 11.3 Å². The highest BCUT2D eigenvalue weighted by Gasteiger charge is 2.12. The number of methoxy groups -OCH3 is 1. The summed E-state index contributed by atoms with van der Waals surface area (Å²) in [7, 11) is 1.63. The van der Waals surface area contributed by atoms with Crippen LogP contribution in [0.4, 0.5) is 0 Å². The number of nitrogens with zero attached hydrogens (tertiary/aromatic N) is 2. The van der Waals surface area contributed by atoms with Gasteiger partial charge in [0, 0.05) is 33.2 Å². The summed E-state index contributed by atoms with van der Waals surface area (Å²) < 4.78 is 10.2. The van der Waals surface area contributed by atoms with Crippen LogP contribution in [0.1, 0.15) is 18.6 Å². The number of rotatable bonds is 10. The fourth-order valence-electron chi connectivity index (χ4n) is 1.75. The van der Waals surface area contributed by atoms with Crippen molar-refractivity contribution < 1.29 is 13.9 Å². The molecular weight excluding hydrogens is 258 g/mol. The molecule has 0 bridgehead atoms. The number of ether oxygens (including phenoxy) is 1. The molecule has 0 aromatic carbocycles.